The number of nitrogens with zero attached hydrogens (tertiary/aromatic N) is 3. The third-order valence-electron chi connectivity index (χ3n) is 5.44. The van der Waals surface area contributed by atoms with Crippen LogP contribution in [-0.2, 0) is 6.61 Å². The Bertz CT molecular complexity index is 1040. The zero-order valence-corrected chi connectivity index (χ0v) is 18.3. The van der Waals surface area contributed by atoms with Gasteiger partial charge in [0, 0.05) is 30.2 Å². The zero-order chi connectivity index (χ0) is 21.6. The van der Waals surface area contributed by atoms with Crippen molar-refractivity contribution in [2.45, 2.75) is 32.4 Å². The van der Waals surface area contributed by atoms with Crippen molar-refractivity contribution in [2.75, 3.05) is 19.7 Å². The molecule has 1 fully saturated rings. The molecule has 1 aliphatic rings. The molecule has 6 nitrogen and oxygen atoms in total. The molecule has 0 N–H and O–H groups in total. The predicted octanol–water partition coefficient (Wildman–Crippen LogP) is 4.33. The van der Waals surface area contributed by atoms with E-state index in [9.17, 15) is 4.79 Å². The molecule has 162 valence electrons. The number of benzene rings is 1. The summed E-state index contributed by atoms with van der Waals surface area (Å²) in [6.07, 6.45) is 5.82. The maximum Gasteiger partial charge on any atom is 0.258 e. The first-order valence-corrected chi connectivity index (χ1v) is 10.9. The van der Waals surface area contributed by atoms with Gasteiger partial charge in [-0.2, -0.15) is 0 Å². The number of pyridine rings is 2. The van der Waals surface area contributed by atoms with Gasteiger partial charge in [-0.25, -0.2) is 0 Å². The average Bonchev–Trinajstić information content (AvgIpc) is 3.33. The minimum atomic E-state index is -0.169. The van der Waals surface area contributed by atoms with Crippen molar-refractivity contribution >= 4 is 11.6 Å². The lowest BCUT2D eigenvalue weighted by atomic mass is 10.2. The van der Waals surface area contributed by atoms with Gasteiger partial charge in [0.1, 0.15) is 24.7 Å². The van der Waals surface area contributed by atoms with Crippen molar-refractivity contribution in [3.8, 4) is 17.2 Å². The third-order valence-corrected chi connectivity index (χ3v) is 5.66. The average molecular weight is 440 g/mol. The fourth-order valence-electron chi connectivity index (χ4n) is 3.62. The quantitative estimate of drug-likeness (QED) is 0.523. The Hall–Kier alpha value is -2.83. The van der Waals surface area contributed by atoms with E-state index in [1.54, 1.807) is 35.2 Å². The molecule has 1 saturated heterocycles. The Morgan fingerprint density at radius 2 is 1.81 bits per heavy atom. The van der Waals surface area contributed by atoms with Gasteiger partial charge in [-0.1, -0.05) is 11.6 Å². The third kappa shape index (κ3) is 5.66. The molecule has 3 heterocycles. The van der Waals surface area contributed by atoms with Crippen LogP contribution in [-0.4, -0.2) is 40.2 Å². The topological polar surface area (TPSA) is 56.6 Å². The van der Waals surface area contributed by atoms with E-state index in [0.29, 0.717) is 23.4 Å². The molecule has 0 radical (unpaired) electrons. The molecule has 1 unspecified atom stereocenters. The van der Waals surface area contributed by atoms with Crippen LogP contribution in [0.4, 0.5) is 0 Å². The van der Waals surface area contributed by atoms with Gasteiger partial charge < -0.3 is 9.47 Å². The lowest BCUT2D eigenvalue weighted by Crippen LogP contribution is -2.34. The van der Waals surface area contributed by atoms with Crippen molar-refractivity contribution in [2.24, 2.45) is 0 Å². The first-order valence-electron chi connectivity index (χ1n) is 10.5. The van der Waals surface area contributed by atoms with Gasteiger partial charge in [-0.15, -0.1) is 0 Å². The highest BCUT2D eigenvalue weighted by Crippen LogP contribution is 2.18. The van der Waals surface area contributed by atoms with Crippen molar-refractivity contribution in [1.29, 1.82) is 0 Å². The molecule has 4 rings (SSSR count). The van der Waals surface area contributed by atoms with E-state index in [4.69, 9.17) is 21.1 Å². The molecule has 3 aromatic rings. The van der Waals surface area contributed by atoms with Crippen LogP contribution in [0.1, 0.15) is 25.5 Å². The number of aromatic nitrogens is 2. The van der Waals surface area contributed by atoms with Crippen molar-refractivity contribution < 1.29 is 9.47 Å². The zero-order valence-electron chi connectivity index (χ0n) is 17.5. The van der Waals surface area contributed by atoms with Crippen LogP contribution >= 0.6 is 11.6 Å². The summed E-state index contributed by atoms with van der Waals surface area (Å²) in [4.78, 5) is 19.2. The van der Waals surface area contributed by atoms with Crippen LogP contribution in [0.2, 0.25) is 5.02 Å². The summed E-state index contributed by atoms with van der Waals surface area (Å²) < 4.78 is 13.2. The number of rotatable bonds is 8. The number of ether oxygens (including phenoxy) is 2. The van der Waals surface area contributed by atoms with Gasteiger partial charge in [-0.05, 0) is 75.3 Å². The van der Waals surface area contributed by atoms with Gasteiger partial charge in [0.05, 0.1) is 10.7 Å². The second kappa shape index (κ2) is 9.98. The number of hydrogen-bond acceptors (Lipinski definition) is 5. The minimum Gasteiger partial charge on any atom is -0.492 e. The highest BCUT2D eigenvalue weighted by Gasteiger charge is 2.18. The number of hydrogen-bond donors (Lipinski definition) is 0. The molecular weight excluding hydrogens is 414 g/mol. The fourth-order valence-corrected chi connectivity index (χ4v) is 3.73. The lowest BCUT2D eigenvalue weighted by Gasteiger charge is -2.23. The van der Waals surface area contributed by atoms with E-state index in [-0.39, 0.29) is 12.2 Å². The van der Waals surface area contributed by atoms with E-state index < -0.39 is 0 Å². The van der Waals surface area contributed by atoms with E-state index in [1.165, 1.54) is 18.9 Å². The summed E-state index contributed by atoms with van der Waals surface area (Å²) in [5.74, 6) is 1.30. The summed E-state index contributed by atoms with van der Waals surface area (Å²) in [6, 6.07) is 14.7. The Labute approximate surface area is 187 Å². The van der Waals surface area contributed by atoms with Crippen molar-refractivity contribution in [3.05, 3.63) is 82.0 Å². The van der Waals surface area contributed by atoms with Gasteiger partial charge in [0.2, 0.25) is 0 Å². The fraction of sp³-hybridized carbons (Fsp3) is 0.333. The van der Waals surface area contributed by atoms with Crippen LogP contribution in [0.5, 0.6) is 11.5 Å². The smallest absolute Gasteiger partial charge is 0.258 e. The Morgan fingerprint density at radius 1 is 1.03 bits per heavy atom. The standard InChI is InChI=1S/C24H26ClN3O3/c1-18(27-11-2-3-12-27)16-30-22-8-6-21(7-9-22)28-13-10-23(14-24(28)29)31-17-20-5-4-19(25)15-26-20/h4-10,13-15,18H,2-3,11-12,16-17H2,1H3. The molecule has 0 aliphatic carbocycles. The first kappa shape index (κ1) is 21.4. The molecule has 31 heavy (non-hydrogen) atoms. The van der Waals surface area contributed by atoms with E-state index in [1.807, 2.05) is 24.3 Å². The molecule has 0 spiro atoms. The Morgan fingerprint density at radius 3 is 2.48 bits per heavy atom. The molecule has 0 bridgehead atoms. The first-order chi connectivity index (χ1) is 15.1. The Kier molecular flexibility index (Phi) is 6.89. The van der Waals surface area contributed by atoms with Gasteiger partial charge in [0.15, 0.2) is 0 Å². The van der Waals surface area contributed by atoms with Crippen LogP contribution < -0.4 is 15.0 Å². The van der Waals surface area contributed by atoms with Crippen LogP contribution in [0.25, 0.3) is 5.69 Å². The van der Waals surface area contributed by atoms with Crippen molar-refractivity contribution in [3.63, 3.8) is 0 Å². The summed E-state index contributed by atoms with van der Waals surface area (Å²) in [6.45, 7) is 5.44. The minimum absolute atomic E-state index is 0.169. The number of halogens is 1. The lowest BCUT2D eigenvalue weighted by molar-refractivity contribution is 0.172. The molecule has 0 amide bonds. The molecule has 1 atom stereocenters. The molecule has 1 aromatic carbocycles. The summed E-state index contributed by atoms with van der Waals surface area (Å²) in [7, 11) is 0. The highest BCUT2D eigenvalue weighted by molar-refractivity contribution is 6.30. The number of likely N-dealkylation sites (tertiary alicyclic amines) is 1. The van der Waals surface area contributed by atoms with E-state index in [0.717, 1.165) is 30.2 Å². The monoisotopic (exact) mass is 439 g/mol. The summed E-state index contributed by atoms with van der Waals surface area (Å²) in [5, 5.41) is 0.573. The van der Waals surface area contributed by atoms with E-state index >= 15 is 0 Å². The Balaban J connectivity index is 1.35. The molecule has 7 heteroatoms. The van der Waals surface area contributed by atoms with Crippen LogP contribution in [0.15, 0.2) is 65.7 Å². The van der Waals surface area contributed by atoms with Crippen LogP contribution in [0, 0.1) is 0 Å². The molecule has 1 aliphatic heterocycles. The molecule has 2 aromatic heterocycles. The largest absolute Gasteiger partial charge is 0.492 e. The molecular formula is C24H26ClN3O3. The van der Waals surface area contributed by atoms with E-state index in [2.05, 4.69) is 16.8 Å². The van der Waals surface area contributed by atoms with Gasteiger partial charge in [0.25, 0.3) is 5.56 Å². The second-order valence-corrected chi connectivity index (χ2v) is 8.16. The molecule has 0 saturated carbocycles. The highest BCUT2D eigenvalue weighted by atomic mass is 35.5. The van der Waals surface area contributed by atoms with Gasteiger partial charge >= 0.3 is 0 Å². The summed E-state index contributed by atoms with van der Waals surface area (Å²) in [5.41, 5.74) is 1.34. The van der Waals surface area contributed by atoms with Crippen LogP contribution in [0.3, 0.4) is 0 Å². The van der Waals surface area contributed by atoms with Gasteiger partial charge in [-0.3, -0.25) is 19.2 Å². The summed E-state index contributed by atoms with van der Waals surface area (Å²) >= 11 is 5.84. The maximum absolute atomic E-state index is 12.6. The normalized spacial score (nSPS) is 15.0. The van der Waals surface area contributed by atoms with Crippen molar-refractivity contribution in [1.82, 2.24) is 14.5 Å². The predicted molar refractivity (Wildman–Crippen MR) is 121 cm³/mol. The second-order valence-electron chi connectivity index (χ2n) is 7.72. The maximum atomic E-state index is 12.6. The SMILES string of the molecule is CC(COc1ccc(-n2ccc(OCc3ccc(Cl)cn3)cc2=O)cc1)N1CCCC1.